The number of nitrogens with one attached hydrogen (secondary N) is 1. The predicted octanol–water partition coefficient (Wildman–Crippen LogP) is 3.76. The van der Waals surface area contributed by atoms with Crippen molar-refractivity contribution in [3.63, 3.8) is 0 Å². The molecule has 1 nitrogen and oxygen atoms in total. The Morgan fingerprint density at radius 1 is 1.27 bits per heavy atom. The van der Waals surface area contributed by atoms with E-state index in [0.717, 1.165) is 5.75 Å². The Bertz CT molecular complexity index is 356. The molecule has 1 fully saturated rings. The quantitative estimate of drug-likeness (QED) is 0.827. The molecule has 0 radical (unpaired) electrons. The van der Waals surface area contributed by atoms with Crippen molar-refractivity contribution in [3.8, 4) is 0 Å². The summed E-state index contributed by atoms with van der Waals surface area (Å²) in [6, 6.07) is 6.83. The molecular formula is C11H13Cl2NS. The first-order valence-electron chi connectivity index (χ1n) is 4.95. The smallest absolute Gasteiger partial charge is 0.0595 e. The molecule has 82 valence electrons. The van der Waals surface area contributed by atoms with Gasteiger partial charge in [-0.25, -0.2) is 0 Å². The molecule has 2 atom stereocenters. The zero-order valence-corrected chi connectivity index (χ0v) is 10.8. The zero-order chi connectivity index (χ0) is 10.8. The fraction of sp³-hybridized carbons (Fsp3) is 0.455. The van der Waals surface area contributed by atoms with E-state index in [1.165, 1.54) is 11.3 Å². The molecule has 0 aromatic heterocycles. The van der Waals surface area contributed by atoms with E-state index in [1.807, 2.05) is 30.0 Å². The zero-order valence-electron chi connectivity index (χ0n) is 8.47. The molecule has 2 unspecified atom stereocenters. The summed E-state index contributed by atoms with van der Waals surface area (Å²) < 4.78 is 0. The molecule has 1 aromatic carbocycles. The molecule has 0 bridgehead atoms. The fourth-order valence-electron chi connectivity index (χ4n) is 1.72. The van der Waals surface area contributed by atoms with Gasteiger partial charge in [0.1, 0.15) is 0 Å². The summed E-state index contributed by atoms with van der Waals surface area (Å²) in [6.07, 6.45) is 0. The van der Waals surface area contributed by atoms with E-state index in [1.54, 1.807) is 0 Å². The molecule has 1 aliphatic rings. The lowest BCUT2D eigenvalue weighted by molar-refractivity contribution is 0.502. The van der Waals surface area contributed by atoms with Crippen LogP contribution >= 0.6 is 35.0 Å². The van der Waals surface area contributed by atoms with Crippen molar-refractivity contribution in [2.45, 2.75) is 19.0 Å². The molecular weight excluding hydrogens is 249 g/mol. The highest BCUT2D eigenvalue weighted by molar-refractivity contribution is 7.99. The van der Waals surface area contributed by atoms with Crippen LogP contribution in [0.15, 0.2) is 18.2 Å². The van der Waals surface area contributed by atoms with Gasteiger partial charge in [0, 0.05) is 23.6 Å². The Kier molecular flexibility index (Phi) is 3.83. The lowest BCUT2D eigenvalue weighted by atomic mass is 10.1. The van der Waals surface area contributed by atoms with Crippen molar-refractivity contribution in [3.05, 3.63) is 33.8 Å². The summed E-state index contributed by atoms with van der Waals surface area (Å²) in [6.45, 7) is 2.21. The first-order chi connectivity index (χ1) is 7.16. The minimum Gasteiger partial charge on any atom is -0.306 e. The summed E-state index contributed by atoms with van der Waals surface area (Å²) in [5.41, 5.74) is 1.23. The maximum atomic E-state index is 6.00. The van der Waals surface area contributed by atoms with Gasteiger partial charge in [0.15, 0.2) is 0 Å². The van der Waals surface area contributed by atoms with E-state index < -0.39 is 0 Å². The van der Waals surface area contributed by atoms with Crippen LogP contribution in [-0.4, -0.2) is 17.5 Å². The van der Waals surface area contributed by atoms with Crippen molar-refractivity contribution < 1.29 is 0 Å². The average molecular weight is 262 g/mol. The molecule has 0 aliphatic carbocycles. The number of halogens is 2. The number of hydrogen-bond acceptors (Lipinski definition) is 2. The summed E-state index contributed by atoms with van der Waals surface area (Å²) in [4.78, 5) is 0. The molecule has 1 saturated heterocycles. The van der Waals surface area contributed by atoms with Gasteiger partial charge in [-0.3, -0.25) is 0 Å². The minimum atomic E-state index is 0.397. The Morgan fingerprint density at radius 3 is 2.73 bits per heavy atom. The molecule has 0 amide bonds. The Balaban J connectivity index is 2.18. The fourth-order valence-corrected chi connectivity index (χ4v) is 3.14. The summed E-state index contributed by atoms with van der Waals surface area (Å²) in [5, 5.41) is 4.82. The number of thioether (sulfide) groups is 1. The third-order valence-corrected chi connectivity index (χ3v) is 4.53. The molecule has 2 rings (SSSR count). The van der Waals surface area contributed by atoms with Gasteiger partial charge in [-0.1, -0.05) is 29.3 Å². The van der Waals surface area contributed by atoms with Gasteiger partial charge in [0.25, 0.3) is 0 Å². The van der Waals surface area contributed by atoms with Crippen molar-refractivity contribution in [2.24, 2.45) is 0 Å². The maximum Gasteiger partial charge on any atom is 0.0595 e. The van der Waals surface area contributed by atoms with Gasteiger partial charge in [-0.15, -0.1) is 0 Å². The highest BCUT2D eigenvalue weighted by atomic mass is 35.5. The van der Waals surface area contributed by atoms with Gasteiger partial charge in [-0.2, -0.15) is 11.8 Å². The van der Waals surface area contributed by atoms with E-state index in [0.29, 0.717) is 22.1 Å². The second kappa shape index (κ2) is 4.96. The van der Waals surface area contributed by atoms with Crippen molar-refractivity contribution in [1.29, 1.82) is 0 Å². The van der Waals surface area contributed by atoms with Crippen LogP contribution in [0.2, 0.25) is 10.0 Å². The summed E-state index contributed by atoms with van der Waals surface area (Å²) in [7, 11) is 0. The number of hydrogen-bond donors (Lipinski definition) is 1. The molecule has 15 heavy (non-hydrogen) atoms. The van der Waals surface area contributed by atoms with Gasteiger partial charge in [0.05, 0.1) is 10.0 Å². The summed E-state index contributed by atoms with van der Waals surface area (Å²) >= 11 is 13.9. The van der Waals surface area contributed by atoms with Gasteiger partial charge >= 0.3 is 0 Å². The molecule has 1 heterocycles. The summed E-state index contributed by atoms with van der Waals surface area (Å²) in [5.74, 6) is 2.28. The monoisotopic (exact) mass is 261 g/mol. The van der Waals surface area contributed by atoms with Gasteiger partial charge < -0.3 is 5.32 Å². The van der Waals surface area contributed by atoms with Crippen molar-refractivity contribution in [2.75, 3.05) is 11.5 Å². The predicted molar refractivity (Wildman–Crippen MR) is 69.1 cm³/mol. The van der Waals surface area contributed by atoms with Crippen LogP contribution in [0, 0.1) is 0 Å². The van der Waals surface area contributed by atoms with Crippen LogP contribution in [0.3, 0.4) is 0 Å². The van der Waals surface area contributed by atoms with Crippen molar-refractivity contribution in [1.82, 2.24) is 5.32 Å². The average Bonchev–Trinajstić information content (AvgIpc) is 2.22. The maximum absolute atomic E-state index is 6.00. The van der Waals surface area contributed by atoms with E-state index >= 15 is 0 Å². The Labute approximate surface area is 105 Å². The largest absolute Gasteiger partial charge is 0.306 e. The minimum absolute atomic E-state index is 0.397. The topological polar surface area (TPSA) is 12.0 Å². The van der Waals surface area contributed by atoms with Gasteiger partial charge in [-0.05, 0) is 24.6 Å². The molecule has 1 N–H and O–H groups in total. The van der Waals surface area contributed by atoms with Crippen LogP contribution in [0.25, 0.3) is 0 Å². The highest BCUT2D eigenvalue weighted by Gasteiger charge is 2.19. The van der Waals surface area contributed by atoms with Crippen LogP contribution < -0.4 is 5.32 Å². The highest BCUT2D eigenvalue weighted by Crippen LogP contribution is 2.29. The van der Waals surface area contributed by atoms with Crippen LogP contribution in [-0.2, 0) is 0 Å². The lowest BCUT2D eigenvalue weighted by Crippen LogP contribution is -2.37. The van der Waals surface area contributed by atoms with Crippen molar-refractivity contribution >= 4 is 35.0 Å². The Morgan fingerprint density at radius 2 is 2.07 bits per heavy atom. The third kappa shape index (κ3) is 2.82. The lowest BCUT2D eigenvalue weighted by Gasteiger charge is -2.28. The molecule has 1 aliphatic heterocycles. The molecule has 1 aromatic rings. The normalized spacial score (nSPS) is 26.6. The van der Waals surface area contributed by atoms with Gasteiger partial charge in [0.2, 0.25) is 0 Å². The van der Waals surface area contributed by atoms with E-state index in [4.69, 9.17) is 23.2 Å². The number of rotatable bonds is 1. The molecule has 0 spiro atoms. The Hall–Kier alpha value is 0.110. The van der Waals surface area contributed by atoms with Crippen LogP contribution in [0.4, 0.5) is 0 Å². The van der Waals surface area contributed by atoms with Crippen LogP contribution in [0.5, 0.6) is 0 Å². The first kappa shape index (κ1) is 11.6. The van der Waals surface area contributed by atoms with E-state index in [9.17, 15) is 0 Å². The standard InChI is InChI=1S/C11H13Cl2NS/c1-7-5-15-6-11(14-7)8-2-3-9(12)10(13)4-8/h2-4,7,11,14H,5-6H2,1H3. The SMILES string of the molecule is CC1CSCC(c2ccc(Cl)c(Cl)c2)N1. The van der Waals surface area contributed by atoms with Crippen LogP contribution in [0.1, 0.15) is 18.5 Å². The van der Waals surface area contributed by atoms with E-state index in [-0.39, 0.29) is 0 Å². The number of benzene rings is 1. The second-order valence-electron chi connectivity index (χ2n) is 3.83. The second-order valence-corrected chi connectivity index (χ2v) is 5.72. The first-order valence-corrected chi connectivity index (χ1v) is 6.86. The van der Waals surface area contributed by atoms with E-state index in [2.05, 4.69) is 12.2 Å². The molecule has 4 heteroatoms. The molecule has 0 saturated carbocycles. The third-order valence-electron chi connectivity index (χ3n) is 2.48.